The lowest BCUT2D eigenvalue weighted by Crippen LogP contribution is -2.33. The molecule has 1 N–H and O–H groups in total. The highest BCUT2D eigenvalue weighted by atomic mass is 35.5. The van der Waals surface area contributed by atoms with E-state index in [1.807, 2.05) is 4.90 Å². The average Bonchev–Trinajstić information content (AvgIpc) is 2.91. The van der Waals surface area contributed by atoms with Gasteiger partial charge in [0.15, 0.2) is 0 Å². The first-order valence-corrected chi connectivity index (χ1v) is 6.43. The van der Waals surface area contributed by atoms with Crippen LogP contribution in [0.1, 0.15) is 12.8 Å². The molecule has 1 heterocycles. The van der Waals surface area contributed by atoms with E-state index in [1.165, 1.54) is 0 Å². The third-order valence-corrected chi connectivity index (χ3v) is 3.39. The van der Waals surface area contributed by atoms with E-state index >= 15 is 0 Å². The van der Waals surface area contributed by atoms with Crippen molar-refractivity contribution in [2.75, 3.05) is 32.1 Å². The van der Waals surface area contributed by atoms with Gasteiger partial charge in [-0.25, -0.2) is 0 Å². The van der Waals surface area contributed by atoms with Gasteiger partial charge in [0.2, 0.25) is 5.91 Å². The Labute approximate surface area is 112 Å². The zero-order valence-electron chi connectivity index (χ0n) is 10.4. The number of rotatable bonds is 4. The van der Waals surface area contributed by atoms with E-state index in [9.17, 15) is 4.79 Å². The summed E-state index contributed by atoms with van der Waals surface area (Å²) in [5.41, 5.74) is 0.726. The summed E-state index contributed by atoms with van der Waals surface area (Å²) in [4.78, 5) is 13.7. The fourth-order valence-electron chi connectivity index (χ4n) is 2.02. The molecule has 1 aliphatic rings. The van der Waals surface area contributed by atoms with E-state index in [-0.39, 0.29) is 12.5 Å². The SMILES string of the molecule is COc1ccc(Cl)c(NCC(=O)N2CCCC2)c1. The quantitative estimate of drug-likeness (QED) is 0.912. The summed E-state index contributed by atoms with van der Waals surface area (Å²) in [7, 11) is 1.60. The van der Waals surface area contributed by atoms with Crippen molar-refractivity contribution in [2.24, 2.45) is 0 Å². The summed E-state index contributed by atoms with van der Waals surface area (Å²) in [6.45, 7) is 2.01. The molecule has 0 radical (unpaired) electrons. The van der Waals surface area contributed by atoms with E-state index in [0.717, 1.165) is 37.4 Å². The number of nitrogens with one attached hydrogen (secondary N) is 1. The van der Waals surface area contributed by atoms with Gasteiger partial charge < -0.3 is 15.0 Å². The van der Waals surface area contributed by atoms with Crippen LogP contribution in [0.4, 0.5) is 5.69 Å². The van der Waals surface area contributed by atoms with Crippen LogP contribution < -0.4 is 10.1 Å². The Morgan fingerprint density at radius 3 is 2.83 bits per heavy atom. The third-order valence-electron chi connectivity index (χ3n) is 3.06. The average molecular weight is 269 g/mol. The fraction of sp³-hybridized carbons (Fsp3) is 0.462. The molecule has 2 rings (SSSR count). The van der Waals surface area contributed by atoms with Crippen LogP contribution in [-0.2, 0) is 4.79 Å². The second kappa shape index (κ2) is 5.96. The van der Waals surface area contributed by atoms with Gasteiger partial charge in [0.05, 0.1) is 24.4 Å². The second-order valence-corrected chi connectivity index (χ2v) is 4.69. The third kappa shape index (κ3) is 3.07. The van der Waals surface area contributed by atoms with Crippen LogP contribution in [0.15, 0.2) is 18.2 Å². The number of nitrogens with zero attached hydrogens (tertiary/aromatic N) is 1. The Bertz CT molecular complexity index is 431. The minimum absolute atomic E-state index is 0.117. The summed E-state index contributed by atoms with van der Waals surface area (Å²) < 4.78 is 5.12. The van der Waals surface area contributed by atoms with E-state index in [1.54, 1.807) is 25.3 Å². The molecule has 18 heavy (non-hydrogen) atoms. The molecule has 4 nitrogen and oxygen atoms in total. The van der Waals surface area contributed by atoms with Crippen LogP contribution in [0.5, 0.6) is 5.75 Å². The number of amides is 1. The first kappa shape index (κ1) is 13.0. The molecule has 5 heteroatoms. The molecule has 0 atom stereocenters. The molecule has 1 fully saturated rings. The largest absolute Gasteiger partial charge is 0.497 e. The topological polar surface area (TPSA) is 41.6 Å². The maximum Gasteiger partial charge on any atom is 0.241 e. The van der Waals surface area contributed by atoms with Crippen molar-refractivity contribution in [3.05, 3.63) is 23.2 Å². The standard InChI is InChI=1S/C13H17ClN2O2/c1-18-10-4-5-11(14)12(8-10)15-9-13(17)16-6-2-3-7-16/h4-5,8,15H,2-3,6-7,9H2,1H3. The second-order valence-electron chi connectivity index (χ2n) is 4.29. The Morgan fingerprint density at radius 2 is 2.17 bits per heavy atom. The minimum atomic E-state index is 0.117. The highest BCUT2D eigenvalue weighted by molar-refractivity contribution is 6.33. The van der Waals surface area contributed by atoms with Crippen LogP contribution in [-0.4, -0.2) is 37.6 Å². The van der Waals surface area contributed by atoms with Crippen molar-refractivity contribution >= 4 is 23.2 Å². The lowest BCUT2D eigenvalue weighted by Gasteiger charge is -2.16. The number of carbonyl (C=O) groups is 1. The van der Waals surface area contributed by atoms with Gasteiger partial charge in [-0.3, -0.25) is 4.79 Å². The molecular weight excluding hydrogens is 252 g/mol. The van der Waals surface area contributed by atoms with Crippen molar-refractivity contribution in [1.82, 2.24) is 4.90 Å². The molecule has 1 aromatic carbocycles. The molecule has 0 saturated carbocycles. The number of ether oxygens (including phenoxy) is 1. The number of benzene rings is 1. The summed E-state index contributed by atoms with van der Waals surface area (Å²) in [6.07, 6.45) is 2.21. The van der Waals surface area contributed by atoms with Gasteiger partial charge in [0.1, 0.15) is 5.75 Å². The Kier molecular flexibility index (Phi) is 4.31. The van der Waals surface area contributed by atoms with Gasteiger partial charge in [-0.2, -0.15) is 0 Å². The molecule has 1 aromatic rings. The number of halogens is 1. The van der Waals surface area contributed by atoms with Crippen molar-refractivity contribution in [3.8, 4) is 5.75 Å². The smallest absolute Gasteiger partial charge is 0.241 e. The number of anilines is 1. The van der Waals surface area contributed by atoms with Gasteiger partial charge in [-0.05, 0) is 25.0 Å². The summed E-state index contributed by atoms with van der Waals surface area (Å²) in [5, 5.41) is 3.65. The normalized spacial score (nSPS) is 14.7. The van der Waals surface area contributed by atoms with Gasteiger partial charge in [-0.1, -0.05) is 11.6 Å². The van der Waals surface area contributed by atoms with Gasteiger partial charge in [0.25, 0.3) is 0 Å². The van der Waals surface area contributed by atoms with Crippen LogP contribution in [0.3, 0.4) is 0 Å². The molecule has 0 aromatic heterocycles. The number of methoxy groups -OCH3 is 1. The van der Waals surface area contributed by atoms with Gasteiger partial charge in [0, 0.05) is 19.2 Å². The lowest BCUT2D eigenvalue weighted by molar-refractivity contribution is -0.128. The molecular formula is C13H17ClN2O2. The van der Waals surface area contributed by atoms with E-state index < -0.39 is 0 Å². The van der Waals surface area contributed by atoms with Crippen molar-refractivity contribution in [1.29, 1.82) is 0 Å². The highest BCUT2D eigenvalue weighted by Crippen LogP contribution is 2.26. The number of hydrogen-bond acceptors (Lipinski definition) is 3. The zero-order chi connectivity index (χ0) is 13.0. The Morgan fingerprint density at radius 1 is 1.44 bits per heavy atom. The first-order chi connectivity index (χ1) is 8.70. The van der Waals surface area contributed by atoms with Crippen LogP contribution in [0, 0.1) is 0 Å². The molecule has 0 bridgehead atoms. The van der Waals surface area contributed by atoms with Gasteiger partial charge >= 0.3 is 0 Å². The fourth-order valence-corrected chi connectivity index (χ4v) is 2.20. The monoisotopic (exact) mass is 268 g/mol. The summed E-state index contributed by atoms with van der Waals surface area (Å²) in [5.74, 6) is 0.835. The first-order valence-electron chi connectivity index (χ1n) is 6.06. The van der Waals surface area contributed by atoms with E-state index in [2.05, 4.69) is 5.32 Å². The van der Waals surface area contributed by atoms with Crippen molar-refractivity contribution in [3.63, 3.8) is 0 Å². The molecule has 98 valence electrons. The number of hydrogen-bond donors (Lipinski definition) is 1. The minimum Gasteiger partial charge on any atom is -0.497 e. The summed E-state index contributed by atoms with van der Waals surface area (Å²) in [6, 6.07) is 5.33. The number of likely N-dealkylation sites (tertiary alicyclic amines) is 1. The molecule has 0 spiro atoms. The predicted molar refractivity (Wildman–Crippen MR) is 72.3 cm³/mol. The zero-order valence-corrected chi connectivity index (χ0v) is 11.2. The molecule has 0 unspecified atom stereocenters. The van der Waals surface area contributed by atoms with Crippen LogP contribution in [0.2, 0.25) is 5.02 Å². The maximum absolute atomic E-state index is 11.9. The Hall–Kier alpha value is -1.42. The number of carbonyl (C=O) groups excluding carboxylic acids is 1. The maximum atomic E-state index is 11.9. The van der Waals surface area contributed by atoms with Crippen LogP contribution in [0.25, 0.3) is 0 Å². The lowest BCUT2D eigenvalue weighted by atomic mass is 10.3. The van der Waals surface area contributed by atoms with E-state index in [0.29, 0.717) is 5.02 Å². The van der Waals surface area contributed by atoms with E-state index in [4.69, 9.17) is 16.3 Å². The van der Waals surface area contributed by atoms with Crippen molar-refractivity contribution in [2.45, 2.75) is 12.8 Å². The predicted octanol–water partition coefficient (Wildman–Crippen LogP) is 2.38. The summed E-state index contributed by atoms with van der Waals surface area (Å²) >= 11 is 6.05. The van der Waals surface area contributed by atoms with Crippen molar-refractivity contribution < 1.29 is 9.53 Å². The molecule has 0 aliphatic carbocycles. The highest BCUT2D eigenvalue weighted by Gasteiger charge is 2.17. The Balaban J connectivity index is 1.94. The van der Waals surface area contributed by atoms with Gasteiger partial charge in [-0.15, -0.1) is 0 Å². The molecule has 1 saturated heterocycles. The molecule has 1 aliphatic heterocycles. The molecule has 1 amide bonds. The van der Waals surface area contributed by atoms with Crippen LogP contribution >= 0.6 is 11.6 Å².